The second-order valence-electron chi connectivity index (χ2n) is 5.35. The zero-order valence-electron chi connectivity index (χ0n) is 9.76. The molecular formula is C12H23NO2. The minimum Gasteiger partial charge on any atom is -0.381 e. The van der Waals surface area contributed by atoms with Crippen LogP contribution in [0.4, 0.5) is 0 Å². The van der Waals surface area contributed by atoms with Gasteiger partial charge in [-0.1, -0.05) is 6.92 Å². The SMILES string of the molecule is CC1(CNCCCOCC2CC2)COC1. The topological polar surface area (TPSA) is 30.5 Å². The van der Waals surface area contributed by atoms with Crippen LogP contribution < -0.4 is 5.32 Å². The highest BCUT2D eigenvalue weighted by molar-refractivity contribution is 4.82. The maximum Gasteiger partial charge on any atom is 0.0554 e. The van der Waals surface area contributed by atoms with E-state index >= 15 is 0 Å². The van der Waals surface area contributed by atoms with Crippen molar-refractivity contribution in [2.24, 2.45) is 11.3 Å². The van der Waals surface area contributed by atoms with Gasteiger partial charge in [0.2, 0.25) is 0 Å². The summed E-state index contributed by atoms with van der Waals surface area (Å²) in [5.41, 5.74) is 0.398. The Kier molecular flexibility index (Phi) is 4.00. The zero-order chi connectivity index (χ0) is 10.6. The Morgan fingerprint density at radius 3 is 2.80 bits per heavy atom. The van der Waals surface area contributed by atoms with Crippen LogP contribution >= 0.6 is 0 Å². The Labute approximate surface area is 92.5 Å². The van der Waals surface area contributed by atoms with E-state index in [9.17, 15) is 0 Å². The first-order valence-electron chi connectivity index (χ1n) is 6.15. The van der Waals surface area contributed by atoms with Crippen molar-refractivity contribution < 1.29 is 9.47 Å². The molecule has 1 aliphatic carbocycles. The maximum atomic E-state index is 5.57. The fraction of sp³-hybridized carbons (Fsp3) is 1.00. The molecule has 1 saturated heterocycles. The smallest absolute Gasteiger partial charge is 0.0554 e. The molecule has 2 fully saturated rings. The Bertz CT molecular complexity index is 188. The monoisotopic (exact) mass is 213 g/mol. The highest BCUT2D eigenvalue weighted by Gasteiger charge is 2.32. The molecule has 0 bridgehead atoms. The molecule has 3 nitrogen and oxygen atoms in total. The standard InChI is InChI=1S/C12H23NO2/c1-12(9-15-10-12)8-13-5-2-6-14-7-11-3-4-11/h11,13H,2-10H2,1H3. The Morgan fingerprint density at radius 2 is 2.20 bits per heavy atom. The largest absolute Gasteiger partial charge is 0.381 e. The summed E-state index contributed by atoms with van der Waals surface area (Å²) in [4.78, 5) is 0. The van der Waals surface area contributed by atoms with E-state index in [1.54, 1.807) is 0 Å². The molecule has 0 aromatic rings. The van der Waals surface area contributed by atoms with Gasteiger partial charge in [-0.05, 0) is 31.7 Å². The molecule has 0 atom stereocenters. The van der Waals surface area contributed by atoms with E-state index in [1.165, 1.54) is 12.8 Å². The first-order chi connectivity index (χ1) is 7.29. The van der Waals surface area contributed by atoms with Crippen LogP contribution in [-0.2, 0) is 9.47 Å². The maximum absolute atomic E-state index is 5.57. The Morgan fingerprint density at radius 1 is 1.40 bits per heavy atom. The lowest BCUT2D eigenvalue weighted by atomic mass is 9.89. The molecule has 0 unspecified atom stereocenters. The van der Waals surface area contributed by atoms with Crippen molar-refractivity contribution in [1.82, 2.24) is 5.32 Å². The molecule has 0 aromatic carbocycles. The van der Waals surface area contributed by atoms with Crippen LogP contribution in [0.15, 0.2) is 0 Å². The molecule has 0 radical (unpaired) electrons. The molecule has 1 saturated carbocycles. The van der Waals surface area contributed by atoms with Crippen LogP contribution in [0.3, 0.4) is 0 Å². The van der Waals surface area contributed by atoms with Gasteiger partial charge in [0.15, 0.2) is 0 Å². The number of rotatable bonds is 8. The highest BCUT2D eigenvalue weighted by atomic mass is 16.5. The second-order valence-corrected chi connectivity index (χ2v) is 5.35. The van der Waals surface area contributed by atoms with Crippen LogP contribution in [-0.4, -0.2) is 39.5 Å². The summed E-state index contributed by atoms with van der Waals surface area (Å²) in [7, 11) is 0. The highest BCUT2D eigenvalue weighted by Crippen LogP contribution is 2.28. The minimum absolute atomic E-state index is 0.398. The van der Waals surface area contributed by atoms with Crippen LogP contribution in [0.2, 0.25) is 0 Å². The van der Waals surface area contributed by atoms with Crippen LogP contribution in [0.1, 0.15) is 26.2 Å². The van der Waals surface area contributed by atoms with E-state index < -0.39 is 0 Å². The van der Waals surface area contributed by atoms with Gasteiger partial charge >= 0.3 is 0 Å². The zero-order valence-corrected chi connectivity index (χ0v) is 9.76. The van der Waals surface area contributed by atoms with Crippen LogP contribution in [0, 0.1) is 11.3 Å². The number of nitrogens with one attached hydrogen (secondary N) is 1. The van der Waals surface area contributed by atoms with Crippen molar-refractivity contribution in [3.63, 3.8) is 0 Å². The van der Waals surface area contributed by atoms with Gasteiger partial charge in [0.25, 0.3) is 0 Å². The molecule has 0 aromatic heterocycles. The van der Waals surface area contributed by atoms with Crippen LogP contribution in [0.25, 0.3) is 0 Å². The molecule has 2 rings (SSSR count). The lowest BCUT2D eigenvalue weighted by molar-refractivity contribution is -0.0990. The minimum atomic E-state index is 0.398. The van der Waals surface area contributed by atoms with Gasteiger partial charge in [-0.2, -0.15) is 0 Å². The summed E-state index contributed by atoms with van der Waals surface area (Å²) in [6.07, 6.45) is 3.90. The van der Waals surface area contributed by atoms with Gasteiger partial charge in [0.05, 0.1) is 13.2 Å². The average molecular weight is 213 g/mol. The van der Waals surface area contributed by atoms with Crippen molar-refractivity contribution in [2.75, 3.05) is 39.5 Å². The number of hydrogen-bond donors (Lipinski definition) is 1. The fourth-order valence-electron chi connectivity index (χ4n) is 1.78. The molecule has 0 spiro atoms. The molecular weight excluding hydrogens is 190 g/mol. The van der Waals surface area contributed by atoms with Crippen molar-refractivity contribution in [3.8, 4) is 0 Å². The third-order valence-electron chi connectivity index (χ3n) is 3.15. The average Bonchev–Trinajstić information content (AvgIpc) is 2.97. The Hall–Kier alpha value is -0.120. The van der Waals surface area contributed by atoms with E-state index in [2.05, 4.69) is 12.2 Å². The fourth-order valence-corrected chi connectivity index (χ4v) is 1.78. The van der Waals surface area contributed by atoms with Crippen molar-refractivity contribution in [1.29, 1.82) is 0 Å². The Balaban J connectivity index is 1.35. The first-order valence-corrected chi connectivity index (χ1v) is 6.15. The second kappa shape index (κ2) is 5.28. The summed E-state index contributed by atoms with van der Waals surface area (Å²) >= 11 is 0. The summed E-state index contributed by atoms with van der Waals surface area (Å²) < 4.78 is 10.8. The van der Waals surface area contributed by atoms with Crippen molar-refractivity contribution in [2.45, 2.75) is 26.2 Å². The van der Waals surface area contributed by atoms with Crippen LogP contribution in [0.5, 0.6) is 0 Å². The molecule has 1 N–H and O–H groups in total. The van der Waals surface area contributed by atoms with E-state index in [0.29, 0.717) is 5.41 Å². The van der Waals surface area contributed by atoms with Crippen molar-refractivity contribution in [3.05, 3.63) is 0 Å². The predicted octanol–water partition coefficient (Wildman–Crippen LogP) is 1.43. The van der Waals surface area contributed by atoms with Gasteiger partial charge in [-0.3, -0.25) is 0 Å². The quantitative estimate of drug-likeness (QED) is 0.619. The molecule has 88 valence electrons. The summed E-state index contributed by atoms with van der Waals surface area (Å²) in [5, 5.41) is 3.47. The van der Waals surface area contributed by atoms with E-state index in [-0.39, 0.29) is 0 Å². The third kappa shape index (κ3) is 4.09. The summed E-state index contributed by atoms with van der Waals surface area (Å²) in [5.74, 6) is 0.893. The van der Waals surface area contributed by atoms with Crippen molar-refractivity contribution >= 4 is 0 Å². The van der Waals surface area contributed by atoms with E-state index in [1.807, 2.05) is 0 Å². The van der Waals surface area contributed by atoms with Gasteiger partial charge in [-0.15, -0.1) is 0 Å². The summed E-state index contributed by atoms with van der Waals surface area (Å²) in [6.45, 7) is 8.15. The number of ether oxygens (including phenoxy) is 2. The molecule has 1 aliphatic heterocycles. The normalized spacial score (nSPS) is 23.8. The molecule has 3 heteroatoms. The predicted molar refractivity (Wildman–Crippen MR) is 60.0 cm³/mol. The molecule has 1 heterocycles. The third-order valence-corrected chi connectivity index (χ3v) is 3.15. The van der Waals surface area contributed by atoms with Gasteiger partial charge in [0.1, 0.15) is 0 Å². The molecule has 0 amide bonds. The summed E-state index contributed by atoms with van der Waals surface area (Å²) in [6, 6.07) is 0. The number of hydrogen-bond acceptors (Lipinski definition) is 3. The van der Waals surface area contributed by atoms with Gasteiger partial charge < -0.3 is 14.8 Å². The van der Waals surface area contributed by atoms with E-state index in [4.69, 9.17) is 9.47 Å². The molecule has 15 heavy (non-hydrogen) atoms. The molecule has 2 aliphatic rings. The van der Waals surface area contributed by atoms with Gasteiger partial charge in [-0.25, -0.2) is 0 Å². The lowest BCUT2D eigenvalue weighted by Crippen LogP contribution is -2.47. The first kappa shape index (κ1) is 11.4. The lowest BCUT2D eigenvalue weighted by Gasteiger charge is -2.38. The van der Waals surface area contributed by atoms with Gasteiger partial charge in [0, 0.05) is 25.2 Å². The van der Waals surface area contributed by atoms with E-state index in [0.717, 1.165) is 51.9 Å².